The van der Waals surface area contributed by atoms with Gasteiger partial charge < -0.3 is 0 Å². The molecule has 0 saturated carbocycles. The van der Waals surface area contributed by atoms with Crippen LogP contribution in [0.25, 0.3) is 5.57 Å². The van der Waals surface area contributed by atoms with Crippen LogP contribution in [0.5, 0.6) is 0 Å². The summed E-state index contributed by atoms with van der Waals surface area (Å²) < 4.78 is 0. The summed E-state index contributed by atoms with van der Waals surface area (Å²) in [7, 11) is 0. The SMILES string of the molecule is C=C/C=C\SC/C(C)=C/C(C(=C\C)/c1cccc(CC)c1)=C(/C)N=C. The molecule has 1 aromatic carbocycles. The van der Waals surface area contributed by atoms with Gasteiger partial charge in [-0.25, -0.2) is 0 Å². The van der Waals surface area contributed by atoms with Gasteiger partial charge in [-0.3, -0.25) is 4.99 Å². The maximum atomic E-state index is 4.20. The van der Waals surface area contributed by atoms with Crippen molar-refractivity contribution in [1.29, 1.82) is 0 Å². The highest BCUT2D eigenvalue weighted by molar-refractivity contribution is 8.02. The van der Waals surface area contributed by atoms with E-state index >= 15 is 0 Å². The fourth-order valence-electron chi connectivity index (χ4n) is 2.48. The fourth-order valence-corrected chi connectivity index (χ4v) is 3.14. The average Bonchev–Trinajstić information content (AvgIpc) is 2.64. The van der Waals surface area contributed by atoms with Crippen molar-refractivity contribution in [2.24, 2.45) is 4.99 Å². The third kappa shape index (κ3) is 6.75. The summed E-state index contributed by atoms with van der Waals surface area (Å²) in [5.74, 6) is 0.935. The van der Waals surface area contributed by atoms with Crippen molar-refractivity contribution in [3.8, 4) is 0 Å². The van der Waals surface area contributed by atoms with Gasteiger partial charge in [0, 0.05) is 17.0 Å². The van der Waals surface area contributed by atoms with Crippen molar-refractivity contribution in [3.63, 3.8) is 0 Å². The number of thioether (sulfide) groups is 1. The van der Waals surface area contributed by atoms with Crippen molar-refractivity contribution in [3.05, 3.63) is 88.5 Å². The molecule has 0 heterocycles. The molecule has 0 radical (unpaired) electrons. The highest BCUT2D eigenvalue weighted by Crippen LogP contribution is 2.29. The van der Waals surface area contributed by atoms with Gasteiger partial charge >= 0.3 is 0 Å². The molecule has 1 nitrogen and oxygen atoms in total. The molecule has 0 spiro atoms. The second-order valence-electron chi connectivity index (χ2n) is 5.78. The van der Waals surface area contributed by atoms with E-state index in [0.717, 1.165) is 23.4 Å². The number of rotatable bonds is 9. The van der Waals surface area contributed by atoms with Crippen molar-refractivity contribution < 1.29 is 0 Å². The predicted octanol–water partition coefficient (Wildman–Crippen LogP) is 7.01. The van der Waals surface area contributed by atoms with Gasteiger partial charge in [-0.1, -0.05) is 67.6 Å². The van der Waals surface area contributed by atoms with Crippen LogP contribution in [0, 0.1) is 0 Å². The van der Waals surface area contributed by atoms with E-state index in [9.17, 15) is 0 Å². The minimum Gasteiger partial charge on any atom is -0.269 e. The molecular formula is C23H29NS. The zero-order chi connectivity index (χ0) is 18.7. The van der Waals surface area contributed by atoms with E-state index in [0.29, 0.717) is 0 Å². The zero-order valence-corrected chi connectivity index (χ0v) is 16.7. The number of allylic oxidation sites excluding steroid dienone is 7. The molecule has 0 amide bonds. The van der Waals surface area contributed by atoms with Crippen molar-refractivity contribution in [2.75, 3.05) is 5.75 Å². The third-order valence-corrected chi connectivity index (χ3v) is 4.84. The number of nitrogens with zero attached hydrogens (tertiary/aromatic N) is 1. The Bertz CT molecular complexity index is 717. The van der Waals surface area contributed by atoms with E-state index in [1.54, 1.807) is 17.8 Å². The molecule has 0 atom stereocenters. The molecule has 2 heteroatoms. The van der Waals surface area contributed by atoms with Gasteiger partial charge in [0.15, 0.2) is 0 Å². The lowest BCUT2D eigenvalue weighted by atomic mass is 9.93. The fraction of sp³-hybridized carbons (Fsp3) is 0.261. The molecule has 0 saturated heterocycles. The maximum absolute atomic E-state index is 4.20. The summed E-state index contributed by atoms with van der Waals surface area (Å²) in [5, 5.41) is 2.06. The first kappa shape index (κ1) is 21.0. The molecule has 1 aromatic rings. The number of aliphatic imine (C=N–C) groups is 1. The van der Waals surface area contributed by atoms with Gasteiger partial charge in [0.05, 0.1) is 0 Å². The number of hydrogen-bond donors (Lipinski definition) is 0. The standard InChI is InChI=1S/C23H29NS/c1-7-10-14-25-17-18(4)15-23(19(5)24-6)22(9-3)21-13-11-12-20(8-2)16-21/h7,9-16H,1,6,8,17H2,2-5H3/b14-10-,18-15+,22-9-,23-19+. The first-order valence-electron chi connectivity index (χ1n) is 8.57. The average molecular weight is 352 g/mol. The topological polar surface area (TPSA) is 12.4 Å². The second-order valence-corrected chi connectivity index (χ2v) is 6.67. The normalized spacial score (nSPS) is 13.8. The van der Waals surface area contributed by atoms with E-state index in [2.05, 4.69) is 80.9 Å². The van der Waals surface area contributed by atoms with E-state index in [1.807, 2.05) is 13.0 Å². The Morgan fingerprint density at radius 2 is 2.04 bits per heavy atom. The summed E-state index contributed by atoms with van der Waals surface area (Å²) in [5.41, 5.74) is 7.14. The Labute approximate surface area is 157 Å². The highest BCUT2D eigenvalue weighted by Gasteiger charge is 2.09. The van der Waals surface area contributed by atoms with Gasteiger partial charge in [-0.2, -0.15) is 0 Å². The molecule has 132 valence electrons. The molecular weight excluding hydrogens is 322 g/mol. The predicted molar refractivity (Wildman–Crippen MR) is 117 cm³/mol. The molecule has 0 unspecified atom stereocenters. The molecule has 0 aromatic heterocycles. The van der Waals surface area contributed by atoms with Gasteiger partial charge in [0.25, 0.3) is 0 Å². The van der Waals surface area contributed by atoms with Gasteiger partial charge in [0.2, 0.25) is 0 Å². The van der Waals surface area contributed by atoms with E-state index in [1.165, 1.54) is 22.3 Å². The number of hydrogen-bond acceptors (Lipinski definition) is 2. The molecule has 1 rings (SSSR count). The molecule has 0 N–H and O–H groups in total. The van der Waals surface area contributed by atoms with Crippen molar-refractivity contribution in [2.45, 2.75) is 34.1 Å². The number of benzene rings is 1. The lowest BCUT2D eigenvalue weighted by Gasteiger charge is -2.13. The molecule has 0 aliphatic carbocycles. The first-order valence-corrected chi connectivity index (χ1v) is 9.62. The molecule has 25 heavy (non-hydrogen) atoms. The van der Waals surface area contributed by atoms with Crippen LogP contribution in [0.2, 0.25) is 0 Å². The molecule has 0 fully saturated rings. The summed E-state index contributed by atoms with van der Waals surface area (Å²) in [6.07, 6.45) is 9.17. The minimum absolute atomic E-state index is 0.935. The van der Waals surface area contributed by atoms with E-state index in [-0.39, 0.29) is 0 Å². The van der Waals surface area contributed by atoms with E-state index in [4.69, 9.17) is 0 Å². The van der Waals surface area contributed by atoms with Crippen LogP contribution in [0.4, 0.5) is 0 Å². The zero-order valence-electron chi connectivity index (χ0n) is 15.9. The van der Waals surface area contributed by atoms with Gasteiger partial charge in [0.1, 0.15) is 0 Å². The Balaban J connectivity index is 3.22. The van der Waals surface area contributed by atoms with Crippen LogP contribution >= 0.6 is 11.8 Å². The minimum atomic E-state index is 0.935. The summed E-state index contributed by atoms with van der Waals surface area (Å²) in [4.78, 5) is 4.20. The Morgan fingerprint density at radius 3 is 2.64 bits per heavy atom. The molecule has 0 bridgehead atoms. The maximum Gasteiger partial charge on any atom is 0.0443 e. The lowest BCUT2D eigenvalue weighted by Crippen LogP contribution is -1.94. The summed E-state index contributed by atoms with van der Waals surface area (Å²) >= 11 is 1.76. The van der Waals surface area contributed by atoms with Crippen LogP contribution in [0.3, 0.4) is 0 Å². The van der Waals surface area contributed by atoms with Crippen molar-refractivity contribution in [1.82, 2.24) is 0 Å². The highest BCUT2D eigenvalue weighted by atomic mass is 32.2. The number of aryl methyl sites for hydroxylation is 1. The quantitative estimate of drug-likeness (QED) is 0.344. The van der Waals surface area contributed by atoms with Crippen LogP contribution in [0.1, 0.15) is 38.8 Å². The van der Waals surface area contributed by atoms with Crippen LogP contribution < -0.4 is 0 Å². The lowest BCUT2D eigenvalue weighted by molar-refractivity contribution is 1.14. The summed E-state index contributed by atoms with van der Waals surface area (Å²) in [6, 6.07) is 8.72. The Kier molecular flexibility index (Phi) is 9.64. The Morgan fingerprint density at radius 1 is 1.28 bits per heavy atom. The monoisotopic (exact) mass is 351 g/mol. The largest absolute Gasteiger partial charge is 0.269 e. The van der Waals surface area contributed by atoms with Crippen LogP contribution in [-0.4, -0.2) is 12.5 Å². The Hall–Kier alpha value is -2.06. The smallest absolute Gasteiger partial charge is 0.0443 e. The summed E-state index contributed by atoms with van der Waals surface area (Å²) in [6.45, 7) is 15.9. The van der Waals surface area contributed by atoms with Gasteiger partial charge in [-0.05, 0) is 56.0 Å². The molecule has 0 aliphatic heterocycles. The van der Waals surface area contributed by atoms with Gasteiger partial charge in [-0.15, -0.1) is 11.8 Å². The van der Waals surface area contributed by atoms with Crippen LogP contribution in [-0.2, 0) is 6.42 Å². The van der Waals surface area contributed by atoms with Crippen LogP contribution in [0.15, 0.2) is 82.4 Å². The third-order valence-electron chi connectivity index (χ3n) is 3.86. The molecule has 0 aliphatic rings. The van der Waals surface area contributed by atoms with E-state index < -0.39 is 0 Å². The van der Waals surface area contributed by atoms with Crippen molar-refractivity contribution >= 4 is 24.1 Å². The second kappa shape index (κ2) is 11.5. The first-order chi connectivity index (χ1) is 12.1.